The van der Waals surface area contributed by atoms with Gasteiger partial charge >= 0.3 is 0 Å². The van der Waals surface area contributed by atoms with Crippen LogP contribution in [0.3, 0.4) is 0 Å². The highest BCUT2D eigenvalue weighted by molar-refractivity contribution is 7.92. The summed E-state index contributed by atoms with van der Waals surface area (Å²) in [5, 5.41) is 2.96. The van der Waals surface area contributed by atoms with Crippen LogP contribution in [0.25, 0.3) is 11.1 Å². The smallest absolute Gasteiger partial charge is 0.257 e. The maximum Gasteiger partial charge on any atom is 0.257 e. The minimum atomic E-state index is -3.51. The third kappa shape index (κ3) is 5.11. The fourth-order valence-corrected chi connectivity index (χ4v) is 4.11. The van der Waals surface area contributed by atoms with E-state index in [1.807, 2.05) is 74.5 Å². The van der Waals surface area contributed by atoms with Gasteiger partial charge in [0.2, 0.25) is 10.0 Å². The van der Waals surface area contributed by atoms with Gasteiger partial charge in [0.15, 0.2) is 0 Å². The summed E-state index contributed by atoms with van der Waals surface area (Å²) < 4.78 is 25.6. The highest BCUT2D eigenvalue weighted by Crippen LogP contribution is 2.33. The number of sulfonamides is 1. The summed E-state index contributed by atoms with van der Waals surface area (Å²) in [6.45, 7) is 5.63. The molecule has 0 spiro atoms. The average molecular weight is 452 g/mol. The van der Waals surface area contributed by atoms with E-state index in [9.17, 15) is 13.2 Å². The molecule has 0 fully saturated rings. The number of benzene rings is 3. The summed E-state index contributed by atoms with van der Waals surface area (Å²) in [7, 11) is -2.03. The molecule has 0 aliphatic carbocycles. The van der Waals surface area contributed by atoms with Crippen LogP contribution in [0.15, 0.2) is 72.8 Å². The molecule has 0 saturated carbocycles. The van der Waals surface area contributed by atoms with Crippen LogP contribution in [-0.4, -0.2) is 40.7 Å². The SMILES string of the molecule is CCN(CC)c1ccccc1C(=O)Nc1cc(-c2ccccc2)ccc1N(C)S(C)(=O)=O. The molecule has 1 amide bonds. The molecule has 6 nitrogen and oxygen atoms in total. The van der Waals surface area contributed by atoms with Gasteiger partial charge in [0.1, 0.15) is 0 Å². The van der Waals surface area contributed by atoms with Crippen molar-refractivity contribution in [3.63, 3.8) is 0 Å². The fraction of sp³-hybridized carbons (Fsp3) is 0.240. The van der Waals surface area contributed by atoms with Crippen molar-refractivity contribution in [2.45, 2.75) is 13.8 Å². The number of carbonyl (C=O) groups is 1. The summed E-state index contributed by atoms with van der Waals surface area (Å²) in [5.74, 6) is -0.291. The Hall–Kier alpha value is -3.32. The fourth-order valence-electron chi connectivity index (χ4n) is 3.59. The zero-order valence-electron chi connectivity index (χ0n) is 18.9. The molecule has 168 valence electrons. The maximum atomic E-state index is 13.3. The van der Waals surface area contributed by atoms with E-state index in [0.29, 0.717) is 16.9 Å². The Bertz CT molecular complexity index is 1190. The Morgan fingerprint density at radius 3 is 2.09 bits per heavy atom. The molecule has 1 N–H and O–H groups in total. The molecule has 3 aromatic carbocycles. The van der Waals surface area contributed by atoms with Crippen molar-refractivity contribution >= 4 is 33.0 Å². The van der Waals surface area contributed by atoms with Crippen molar-refractivity contribution in [2.75, 3.05) is 40.9 Å². The van der Waals surface area contributed by atoms with Crippen molar-refractivity contribution in [1.82, 2.24) is 0 Å². The number of hydrogen-bond acceptors (Lipinski definition) is 4. The number of carbonyl (C=O) groups excluding carboxylic acids is 1. The maximum absolute atomic E-state index is 13.3. The van der Waals surface area contributed by atoms with E-state index in [0.717, 1.165) is 36.2 Å². The molecule has 3 aromatic rings. The topological polar surface area (TPSA) is 69.7 Å². The molecule has 0 atom stereocenters. The molecule has 0 aliphatic heterocycles. The summed E-state index contributed by atoms with van der Waals surface area (Å²) in [6, 6.07) is 22.6. The molecule has 32 heavy (non-hydrogen) atoms. The van der Waals surface area contributed by atoms with Gasteiger partial charge in [0.05, 0.1) is 23.2 Å². The van der Waals surface area contributed by atoms with Crippen molar-refractivity contribution in [2.24, 2.45) is 0 Å². The molecule has 0 aromatic heterocycles. The predicted molar refractivity (Wildman–Crippen MR) is 133 cm³/mol. The van der Waals surface area contributed by atoms with E-state index in [2.05, 4.69) is 10.2 Å². The van der Waals surface area contributed by atoms with Crippen molar-refractivity contribution in [3.05, 3.63) is 78.4 Å². The minimum Gasteiger partial charge on any atom is -0.371 e. The minimum absolute atomic E-state index is 0.291. The number of rotatable bonds is 8. The number of amides is 1. The summed E-state index contributed by atoms with van der Waals surface area (Å²) in [5.41, 5.74) is 4.06. The van der Waals surface area contributed by atoms with Crippen LogP contribution >= 0.6 is 0 Å². The van der Waals surface area contributed by atoms with Gasteiger partial charge in [-0.25, -0.2) is 8.42 Å². The highest BCUT2D eigenvalue weighted by atomic mass is 32.2. The first-order valence-corrected chi connectivity index (χ1v) is 12.4. The van der Waals surface area contributed by atoms with E-state index in [1.165, 1.54) is 11.4 Å². The normalized spacial score (nSPS) is 11.1. The molecule has 3 rings (SSSR count). The summed E-state index contributed by atoms with van der Waals surface area (Å²) >= 11 is 0. The lowest BCUT2D eigenvalue weighted by Crippen LogP contribution is -2.27. The third-order valence-electron chi connectivity index (χ3n) is 5.44. The molecule has 0 saturated heterocycles. The Morgan fingerprint density at radius 1 is 0.844 bits per heavy atom. The molecule has 0 unspecified atom stereocenters. The van der Waals surface area contributed by atoms with Crippen LogP contribution in [0.4, 0.5) is 17.1 Å². The van der Waals surface area contributed by atoms with Crippen molar-refractivity contribution in [1.29, 1.82) is 0 Å². The molecule has 0 radical (unpaired) electrons. The summed E-state index contributed by atoms with van der Waals surface area (Å²) in [4.78, 5) is 15.4. The second kappa shape index (κ2) is 9.87. The first-order chi connectivity index (χ1) is 15.3. The number of para-hydroxylation sites is 1. The van der Waals surface area contributed by atoms with Gasteiger partial charge in [0.25, 0.3) is 5.91 Å². The van der Waals surface area contributed by atoms with Gasteiger partial charge < -0.3 is 10.2 Å². The molecule has 0 aliphatic rings. The number of nitrogens with zero attached hydrogens (tertiary/aromatic N) is 2. The molecule has 7 heteroatoms. The second-order valence-electron chi connectivity index (χ2n) is 7.47. The lowest BCUT2D eigenvalue weighted by Gasteiger charge is -2.25. The van der Waals surface area contributed by atoms with E-state index < -0.39 is 10.0 Å². The predicted octanol–water partition coefficient (Wildman–Crippen LogP) is 4.85. The zero-order chi connectivity index (χ0) is 23.3. The lowest BCUT2D eigenvalue weighted by atomic mass is 10.0. The van der Waals surface area contributed by atoms with Gasteiger partial charge in [-0.1, -0.05) is 48.5 Å². The first-order valence-electron chi connectivity index (χ1n) is 10.5. The number of nitrogens with one attached hydrogen (secondary N) is 1. The third-order valence-corrected chi connectivity index (χ3v) is 6.63. The number of hydrogen-bond donors (Lipinski definition) is 1. The van der Waals surface area contributed by atoms with Gasteiger partial charge in [-0.3, -0.25) is 9.10 Å². The van der Waals surface area contributed by atoms with Crippen LogP contribution in [-0.2, 0) is 10.0 Å². The van der Waals surface area contributed by atoms with E-state index in [4.69, 9.17) is 0 Å². The van der Waals surface area contributed by atoms with Gasteiger partial charge in [-0.15, -0.1) is 0 Å². The Labute approximate surface area is 190 Å². The largest absolute Gasteiger partial charge is 0.371 e. The van der Waals surface area contributed by atoms with Crippen LogP contribution in [0.1, 0.15) is 24.2 Å². The Balaban J connectivity index is 2.07. The monoisotopic (exact) mass is 451 g/mol. The Kier molecular flexibility index (Phi) is 7.20. The van der Waals surface area contributed by atoms with Crippen LogP contribution in [0.5, 0.6) is 0 Å². The highest BCUT2D eigenvalue weighted by Gasteiger charge is 2.20. The van der Waals surface area contributed by atoms with Crippen molar-refractivity contribution < 1.29 is 13.2 Å². The summed E-state index contributed by atoms with van der Waals surface area (Å²) in [6.07, 6.45) is 1.14. The lowest BCUT2D eigenvalue weighted by molar-refractivity contribution is 0.102. The molecular formula is C25H29N3O3S. The molecule has 0 bridgehead atoms. The zero-order valence-corrected chi connectivity index (χ0v) is 19.7. The van der Waals surface area contributed by atoms with Crippen molar-refractivity contribution in [3.8, 4) is 11.1 Å². The Morgan fingerprint density at radius 2 is 1.47 bits per heavy atom. The average Bonchev–Trinajstić information content (AvgIpc) is 2.79. The number of anilines is 3. The van der Waals surface area contributed by atoms with E-state index in [-0.39, 0.29) is 5.91 Å². The second-order valence-corrected chi connectivity index (χ2v) is 9.49. The van der Waals surface area contributed by atoms with Crippen LogP contribution in [0.2, 0.25) is 0 Å². The van der Waals surface area contributed by atoms with Crippen LogP contribution < -0.4 is 14.5 Å². The first kappa shape index (κ1) is 23.3. The standard InChI is InChI=1S/C25H29N3O3S/c1-5-28(6-2)23-15-11-10-14-21(23)25(29)26-22-18-20(19-12-8-7-9-13-19)16-17-24(22)27(3)32(4,30)31/h7-18H,5-6H2,1-4H3,(H,26,29). The van der Waals surface area contributed by atoms with E-state index in [1.54, 1.807) is 12.1 Å². The van der Waals surface area contributed by atoms with E-state index >= 15 is 0 Å². The van der Waals surface area contributed by atoms with Gasteiger partial charge in [0, 0.05) is 25.8 Å². The molecule has 0 heterocycles. The van der Waals surface area contributed by atoms with Gasteiger partial charge in [-0.2, -0.15) is 0 Å². The van der Waals surface area contributed by atoms with Crippen LogP contribution in [0, 0.1) is 0 Å². The molecular weight excluding hydrogens is 422 g/mol. The quantitative estimate of drug-likeness (QED) is 0.532. The van der Waals surface area contributed by atoms with Gasteiger partial charge in [-0.05, 0) is 49.2 Å².